The van der Waals surface area contributed by atoms with Gasteiger partial charge in [0.15, 0.2) is 0 Å². The minimum Gasteiger partial charge on any atom is -0.0815 e. The highest BCUT2D eigenvalue weighted by Crippen LogP contribution is 2.08. The van der Waals surface area contributed by atoms with Crippen molar-refractivity contribution in [2.75, 3.05) is 0 Å². The second-order valence-electron chi connectivity index (χ2n) is 2.89. The molecule has 0 aliphatic carbocycles. The molecule has 0 N–H and O–H groups in total. The van der Waals surface area contributed by atoms with Crippen LogP contribution in [-0.4, -0.2) is 0 Å². The Morgan fingerprint density at radius 3 is 2.50 bits per heavy atom. The van der Waals surface area contributed by atoms with Crippen molar-refractivity contribution in [1.82, 2.24) is 0 Å². The zero-order valence-electron chi connectivity index (χ0n) is 7.17. The van der Waals surface area contributed by atoms with Crippen LogP contribution in [0.1, 0.15) is 24.8 Å². The Hall–Kier alpha value is -0.0500. The molecule has 1 heteroatoms. The molecule has 0 atom stereocenters. The number of halogens is 1. The van der Waals surface area contributed by atoms with Crippen molar-refractivity contribution in [3.63, 3.8) is 0 Å². The van der Waals surface area contributed by atoms with Crippen LogP contribution in [0.4, 0.5) is 0 Å². The summed E-state index contributed by atoms with van der Waals surface area (Å²) in [6, 6.07) is 10.7. The maximum atomic E-state index is 2.32. The average Bonchev–Trinajstić information content (AvgIpc) is 2.14. The van der Waals surface area contributed by atoms with Crippen molar-refractivity contribution in [2.24, 2.45) is 0 Å². The fourth-order valence-electron chi connectivity index (χ4n) is 1.20. The van der Waals surface area contributed by atoms with Crippen LogP contribution < -0.4 is 0 Å². The average molecular weight is 273 g/mol. The monoisotopic (exact) mass is 273 g/mol. The first kappa shape index (κ1) is 10.0. The molecular formula is C11H14I. The van der Waals surface area contributed by atoms with E-state index >= 15 is 0 Å². The van der Waals surface area contributed by atoms with Crippen LogP contribution in [0.25, 0.3) is 0 Å². The first-order chi connectivity index (χ1) is 5.93. The first-order valence-corrected chi connectivity index (χ1v) is 5.64. The van der Waals surface area contributed by atoms with E-state index in [1.807, 2.05) is 0 Å². The molecule has 1 radical (unpaired) electrons. The second-order valence-corrected chi connectivity index (χ2v) is 3.77. The first-order valence-electron chi connectivity index (χ1n) is 4.39. The van der Waals surface area contributed by atoms with Gasteiger partial charge in [0.25, 0.3) is 0 Å². The summed E-state index contributed by atoms with van der Waals surface area (Å²) in [6.07, 6.45) is 5.10. The van der Waals surface area contributed by atoms with Gasteiger partial charge < -0.3 is 0 Å². The lowest BCUT2D eigenvalue weighted by molar-refractivity contribution is 0.744. The Labute approximate surface area is 88.5 Å². The van der Waals surface area contributed by atoms with E-state index in [2.05, 4.69) is 57.4 Å². The van der Waals surface area contributed by atoms with Gasteiger partial charge in [-0.05, 0) is 24.8 Å². The van der Waals surface area contributed by atoms with E-state index in [0.717, 1.165) is 0 Å². The van der Waals surface area contributed by atoms with E-state index in [4.69, 9.17) is 0 Å². The van der Waals surface area contributed by atoms with Crippen molar-refractivity contribution >= 4 is 22.6 Å². The van der Waals surface area contributed by atoms with Gasteiger partial charge in [-0.3, -0.25) is 0 Å². The SMILES string of the molecule is I[CH]CCCCc1ccccc1. The summed E-state index contributed by atoms with van der Waals surface area (Å²) >= 11 is 2.32. The second kappa shape index (κ2) is 6.46. The fraction of sp³-hybridized carbons (Fsp3) is 0.364. The maximum Gasteiger partial charge on any atom is 0.0227 e. The molecule has 12 heavy (non-hydrogen) atoms. The van der Waals surface area contributed by atoms with Gasteiger partial charge in [0, 0.05) is 4.43 Å². The van der Waals surface area contributed by atoms with Crippen molar-refractivity contribution in [3.05, 3.63) is 40.3 Å². The lowest BCUT2D eigenvalue weighted by Gasteiger charge is -1.99. The van der Waals surface area contributed by atoms with Crippen molar-refractivity contribution in [2.45, 2.75) is 25.7 Å². The molecule has 0 heterocycles. The predicted octanol–water partition coefficient (Wildman–Crippen LogP) is 4.00. The molecule has 0 bridgehead atoms. The van der Waals surface area contributed by atoms with Gasteiger partial charge in [0.2, 0.25) is 0 Å². The molecule has 0 spiro atoms. The largest absolute Gasteiger partial charge is 0.0815 e. The molecule has 1 aromatic rings. The van der Waals surface area contributed by atoms with E-state index in [1.165, 1.54) is 31.2 Å². The third-order valence-electron chi connectivity index (χ3n) is 1.87. The van der Waals surface area contributed by atoms with E-state index in [9.17, 15) is 0 Å². The van der Waals surface area contributed by atoms with Crippen LogP contribution in [0.15, 0.2) is 30.3 Å². The highest BCUT2D eigenvalue weighted by molar-refractivity contribution is 14.1. The Kier molecular flexibility index (Phi) is 5.41. The summed E-state index contributed by atoms with van der Waals surface area (Å²) in [6.45, 7) is 0. The Bertz CT molecular complexity index is 193. The normalized spacial score (nSPS) is 10.1. The number of hydrogen-bond acceptors (Lipinski definition) is 0. The van der Waals surface area contributed by atoms with Crippen LogP contribution in [-0.2, 0) is 6.42 Å². The van der Waals surface area contributed by atoms with Crippen LogP contribution in [0, 0.1) is 4.43 Å². The minimum absolute atomic E-state index is 1.23. The zero-order valence-corrected chi connectivity index (χ0v) is 9.33. The van der Waals surface area contributed by atoms with Gasteiger partial charge >= 0.3 is 0 Å². The van der Waals surface area contributed by atoms with Crippen molar-refractivity contribution in [1.29, 1.82) is 0 Å². The Morgan fingerprint density at radius 1 is 1.08 bits per heavy atom. The van der Waals surface area contributed by atoms with Crippen LogP contribution >= 0.6 is 22.6 Å². The molecule has 0 aliphatic rings. The molecule has 0 aromatic heterocycles. The smallest absolute Gasteiger partial charge is 0.0227 e. The zero-order chi connectivity index (χ0) is 8.65. The molecule has 1 aromatic carbocycles. The molecule has 0 amide bonds. The molecule has 0 fully saturated rings. The van der Waals surface area contributed by atoms with Gasteiger partial charge in [-0.25, -0.2) is 0 Å². The number of aryl methyl sites for hydroxylation is 1. The summed E-state index contributed by atoms with van der Waals surface area (Å²) in [5.74, 6) is 0. The van der Waals surface area contributed by atoms with Gasteiger partial charge in [-0.15, -0.1) is 0 Å². The van der Waals surface area contributed by atoms with Gasteiger partial charge in [-0.1, -0.05) is 59.3 Å². The summed E-state index contributed by atoms with van der Waals surface area (Å²) in [5, 5.41) is 0. The number of hydrogen-bond donors (Lipinski definition) is 0. The van der Waals surface area contributed by atoms with Gasteiger partial charge in [0.1, 0.15) is 0 Å². The van der Waals surface area contributed by atoms with Crippen LogP contribution in [0.2, 0.25) is 0 Å². The summed E-state index contributed by atoms with van der Waals surface area (Å²) in [7, 11) is 0. The molecule has 0 unspecified atom stereocenters. The van der Waals surface area contributed by atoms with Crippen LogP contribution in [0.5, 0.6) is 0 Å². The molecule has 0 saturated heterocycles. The molecular weight excluding hydrogens is 259 g/mol. The highest BCUT2D eigenvalue weighted by atomic mass is 127. The molecule has 1 rings (SSSR count). The summed E-state index contributed by atoms with van der Waals surface area (Å²) in [4.78, 5) is 0. The third kappa shape index (κ3) is 4.10. The van der Waals surface area contributed by atoms with E-state index < -0.39 is 0 Å². The molecule has 0 aliphatic heterocycles. The Balaban J connectivity index is 2.16. The summed E-state index contributed by atoms with van der Waals surface area (Å²) in [5.41, 5.74) is 1.46. The fourth-order valence-corrected chi connectivity index (χ4v) is 1.64. The van der Waals surface area contributed by atoms with E-state index in [1.54, 1.807) is 0 Å². The highest BCUT2D eigenvalue weighted by Gasteiger charge is 1.91. The predicted molar refractivity (Wildman–Crippen MR) is 62.3 cm³/mol. The maximum absolute atomic E-state index is 2.32. The molecule has 65 valence electrons. The lowest BCUT2D eigenvalue weighted by atomic mass is 10.1. The van der Waals surface area contributed by atoms with E-state index in [0.29, 0.717) is 0 Å². The number of unbranched alkanes of at least 4 members (excludes halogenated alkanes) is 2. The van der Waals surface area contributed by atoms with Crippen molar-refractivity contribution < 1.29 is 0 Å². The van der Waals surface area contributed by atoms with Gasteiger partial charge in [0.05, 0.1) is 0 Å². The third-order valence-corrected chi connectivity index (χ3v) is 2.49. The topological polar surface area (TPSA) is 0 Å². The standard InChI is InChI=1S/C11H14I/c12-10-6-2-5-9-11-7-3-1-4-8-11/h1,3-4,7-8,10H,2,5-6,9H2. The molecule has 0 saturated carbocycles. The summed E-state index contributed by atoms with van der Waals surface area (Å²) < 4.78 is 2.21. The van der Waals surface area contributed by atoms with E-state index in [-0.39, 0.29) is 0 Å². The lowest BCUT2D eigenvalue weighted by Crippen LogP contribution is -1.83. The number of rotatable bonds is 5. The van der Waals surface area contributed by atoms with Gasteiger partial charge in [-0.2, -0.15) is 0 Å². The minimum atomic E-state index is 1.23. The quantitative estimate of drug-likeness (QED) is 0.562. The molecule has 0 nitrogen and oxygen atoms in total. The Morgan fingerprint density at radius 2 is 1.83 bits per heavy atom. The van der Waals surface area contributed by atoms with Crippen LogP contribution in [0.3, 0.4) is 0 Å². The number of benzene rings is 1. The van der Waals surface area contributed by atoms with Crippen molar-refractivity contribution in [3.8, 4) is 0 Å².